The van der Waals surface area contributed by atoms with Gasteiger partial charge in [-0.15, -0.1) is 0 Å². The summed E-state index contributed by atoms with van der Waals surface area (Å²) in [5, 5.41) is 23.5. The van der Waals surface area contributed by atoms with Crippen LogP contribution in [-0.2, 0) is 4.79 Å². The Labute approximate surface area is 227 Å². The van der Waals surface area contributed by atoms with Gasteiger partial charge in [0.05, 0.1) is 29.8 Å². The van der Waals surface area contributed by atoms with E-state index in [0.717, 1.165) is 37.8 Å². The van der Waals surface area contributed by atoms with Gasteiger partial charge >= 0.3 is 5.97 Å². The molecule has 0 spiro atoms. The van der Waals surface area contributed by atoms with Crippen LogP contribution >= 0.6 is 0 Å². The van der Waals surface area contributed by atoms with E-state index in [0.29, 0.717) is 11.3 Å². The van der Waals surface area contributed by atoms with Gasteiger partial charge in [0.15, 0.2) is 11.6 Å². The molecule has 40 heavy (non-hydrogen) atoms. The van der Waals surface area contributed by atoms with Crippen molar-refractivity contribution in [1.29, 1.82) is 5.26 Å². The Hall–Kier alpha value is -4.52. The van der Waals surface area contributed by atoms with Crippen LogP contribution in [-0.4, -0.2) is 34.2 Å². The molecule has 10 heteroatoms. The number of carboxylic acids is 1. The highest BCUT2D eigenvalue weighted by Gasteiger charge is 2.47. The monoisotopic (exact) mass is 546 g/mol. The van der Waals surface area contributed by atoms with Crippen molar-refractivity contribution in [3.05, 3.63) is 65.6 Å². The minimum absolute atomic E-state index is 0.0151. The summed E-state index contributed by atoms with van der Waals surface area (Å²) in [6.07, 6.45) is 4.65. The molecule has 7 rings (SSSR count). The Morgan fingerprint density at radius 1 is 1.12 bits per heavy atom. The molecule has 2 heterocycles. The highest BCUT2D eigenvalue weighted by Crippen LogP contribution is 2.47. The number of pyridine rings is 1. The molecule has 0 radical (unpaired) electrons. The lowest BCUT2D eigenvalue weighted by Crippen LogP contribution is -2.51. The number of halogens is 3. The molecular weight excluding hydrogens is 521 g/mol. The number of nitriles is 1. The second-order valence-corrected chi connectivity index (χ2v) is 10.4. The van der Waals surface area contributed by atoms with Gasteiger partial charge in [-0.1, -0.05) is 12.1 Å². The van der Waals surface area contributed by atoms with E-state index in [1.807, 2.05) is 6.07 Å². The summed E-state index contributed by atoms with van der Waals surface area (Å²) in [7, 11) is 1.49. The number of H-pyrrole nitrogens is 1. The summed E-state index contributed by atoms with van der Waals surface area (Å²) in [4.78, 5) is 19.5. The zero-order valence-corrected chi connectivity index (χ0v) is 21.5. The molecule has 2 aromatic carbocycles. The lowest BCUT2D eigenvalue weighted by molar-refractivity contribution is -0.148. The van der Waals surface area contributed by atoms with E-state index in [9.17, 15) is 23.9 Å². The normalized spacial score (nSPS) is 21.8. The summed E-state index contributed by atoms with van der Waals surface area (Å²) in [5.74, 6) is -3.80. The van der Waals surface area contributed by atoms with E-state index >= 15 is 4.39 Å². The molecule has 2 unspecified atom stereocenters. The third kappa shape index (κ3) is 4.13. The third-order valence-electron chi connectivity index (χ3n) is 8.40. The molecule has 0 aliphatic heterocycles. The lowest BCUT2D eigenvalue weighted by atomic mass is 9.61. The maximum absolute atomic E-state index is 16.4. The Morgan fingerprint density at radius 2 is 1.82 bits per heavy atom. The highest BCUT2D eigenvalue weighted by atomic mass is 19.1. The van der Waals surface area contributed by atoms with Gasteiger partial charge in [-0.05, 0) is 61.3 Å². The Bertz CT molecular complexity index is 1670. The van der Waals surface area contributed by atoms with Crippen LogP contribution in [0.2, 0.25) is 0 Å². The van der Waals surface area contributed by atoms with Crippen molar-refractivity contribution in [2.45, 2.75) is 31.7 Å². The number of carbonyl (C=O) groups is 1. The first-order chi connectivity index (χ1) is 19.3. The van der Waals surface area contributed by atoms with Crippen molar-refractivity contribution >= 4 is 22.7 Å². The van der Waals surface area contributed by atoms with Crippen LogP contribution in [0.5, 0.6) is 5.75 Å². The Morgan fingerprint density at radius 3 is 2.48 bits per heavy atom. The standard InChI is InChI=1S/C30H25F3N4O3/c1-40-18-8-6-14(7-9-18)23-20(12-34)27(21-13-35-28-19(21)10-17(31)11-22(28)32)37-29(25(23)33)36-26-16-4-2-15(3-5-16)24(26)30(38)39/h6-11,13,15-16,24,26,35H,2-5H2,1H3,(H,36,37)(H,38,39). The number of nitrogens with one attached hydrogen (secondary N) is 2. The number of aromatic amines is 1. The minimum Gasteiger partial charge on any atom is -0.497 e. The number of hydrogen-bond donors (Lipinski definition) is 3. The molecule has 0 amide bonds. The van der Waals surface area contributed by atoms with Crippen molar-refractivity contribution in [2.75, 3.05) is 12.4 Å². The molecule has 3 aliphatic carbocycles. The fourth-order valence-corrected chi connectivity index (χ4v) is 6.51. The van der Waals surface area contributed by atoms with Crippen LogP contribution in [0.3, 0.4) is 0 Å². The molecule has 3 saturated carbocycles. The van der Waals surface area contributed by atoms with Crippen LogP contribution < -0.4 is 10.1 Å². The van der Waals surface area contributed by atoms with Crippen molar-refractivity contribution in [3.8, 4) is 34.2 Å². The quantitative estimate of drug-likeness (QED) is 0.255. The fourth-order valence-electron chi connectivity index (χ4n) is 6.51. The number of aliphatic carboxylic acids is 1. The van der Waals surface area contributed by atoms with E-state index in [4.69, 9.17) is 4.74 Å². The molecule has 4 aromatic rings. The van der Waals surface area contributed by atoms with Gasteiger partial charge in [0.25, 0.3) is 0 Å². The van der Waals surface area contributed by atoms with Gasteiger partial charge in [0, 0.05) is 34.8 Å². The van der Waals surface area contributed by atoms with E-state index in [2.05, 4.69) is 15.3 Å². The molecule has 2 aromatic heterocycles. The van der Waals surface area contributed by atoms with Gasteiger partial charge in [-0.25, -0.2) is 18.2 Å². The van der Waals surface area contributed by atoms with Crippen molar-refractivity contribution < 1.29 is 27.8 Å². The fraction of sp³-hybridized carbons (Fsp3) is 0.300. The summed E-state index contributed by atoms with van der Waals surface area (Å²) in [6.45, 7) is 0. The topological polar surface area (TPSA) is 111 Å². The molecule has 0 saturated heterocycles. The number of aromatic nitrogens is 2. The summed E-state index contributed by atoms with van der Waals surface area (Å²) in [5.41, 5.74) is 0.417. The maximum atomic E-state index is 16.4. The maximum Gasteiger partial charge on any atom is 0.308 e. The zero-order chi connectivity index (χ0) is 28.1. The molecule has 204 valence electrons. The van der Waals surface area contributed by atoms with Crippen molar-refractivity contribution in [2.24, 2.45) is 17.8 Å². The van der Waals surface area contributed by atoms with Crippen molar-refractivity contribution in [3.63, 3.8) is 0 Å². The predicted octanol–water partition coefficient (Wildman–Crippen LogP) is 6.50. The van der Waals surface area contributed by atoms with Gasteiger partial charge in [-0.3, -0.25) is 4.79 Å². The van der Waals surface area contributed by atoms with Crippen LogP contribution in [0.15, 0.2) is 42.6 Å². The predicted molar refractivity (Wildman–Crippen MR) is 142 cm³/mol. The SMILES string of the molecule is COc1ccc(-c2c(F)c(NC3C4CCC(CC4)C3C(=O)O)nc(-c3c[nH]c4c(F)cc(F)cc34)c2C#N)cc1. The summed E-state index contributed by atoms with van der Waals surface area (Å²) in [6, 6.07) is 9.80. The minimum atomic E-state index is -0.945. The lowest BCUT2D eigenvalue weighted by Gasteiger charge is -2.47. The van der Waals surface area contributed by atoms with E-state index < -0.39 is 35.4 Å². The van der Waals surface area contributed by atoms with Crippen molar-refractivity contribution in [1.82, 2.24) is 9.97 Å². The van der Waals surface area contributed by atoms with E-state index in [-0.39, 0.29) is 50.9 Å². The molecular formula is C30H25F3N4O3. The Kier molecular flexibility index (Phi) is 6.37. The second kappa shape index (κ2) is 9.90. The van der Waals surface area contributed by atoms with Gasteiger partial charge < -0.3 is 20.1 Å². The number of hydrogen-bond acceptors (Lipinski definition) is 5. The number of nitrogens with zero attached hydrogens (tertiary/aromatic N) is 2. The van der Waals surface area contributed by atoms with Gasteiger partial charge in [0.2, 0.25) is 0 Å². The van der Waals surface area contributed by atoms with Crippen LogP contribution in [0, 0.1) is 46.5 Å². The van der Waals surface area contributed by atoms with Gasteiger partial charge in [-0.2, -0.15) is 5.26 Å². The Balaban J connectivity index is 1.58. The zero-order valence-electron chi connectivity index (χ0n) is 21.5. The number of ether oxygens (including phenoxy) is 1. The molecule has 2 atom stereocenters. The van der Waals surface area contributed by atoms with E-state index in [1.54, 1.807) is 24.3 Å². The second-order valence-electron chi connectivity index (χ2n) is 10.4. The average Bonchev–Trinajstić information content (AvgIpc) is 3.38. The highest BCUT2D eigenvalue weighted by molar-refractivity contribution is 5.98. The molecule has 3 aliphatic rings. The smallest absolute Gasteiger partial charge is 0.308 e. The van der Waals surface area contributed by atoms with Crippen LogP contribution in [0.4, 0.5) is 19.0 Å². The molecule has 2 bridgehead atoms. The number of benzene rings is 2. The molecule has 7 nitrogen and oxygen atoms in total. The summed E-state index contributed by atoms with van der Waals surface area (Å²) >= 11 is 0. The third-order valence-corrected chi connectivity index (χ3v) is 8.40. The largest absolute Gasteiger partial charge is 0.497 e. The average molecular weight is 547 g/mol. The number of methoxy groups -OCH3 is 1. The number of fused-ring (bicyclic) bond motifs is 4. The first-order valence-electron chi connectivity index (χ1n) is 13.0. The van der Waals surface area contributed by atoms with Crippen LogP contribution in [0.1, 0.15) is 31.2 Å². The summed E-state index contributed by atoms with van der Waals surface area (Å²) < 4.78 is 50.4. The number of carboxylic acid groups (broad SMARTS) is 1. The molecule has 3 N–H and O–H groups in total. The van der Waals surface area contributed by atoms with Gasteiger partial charge in [0.1, 0.15) is 23.5 Å². The number of rotatable bonds is 6. The molecule has 3 fully saturated rings. The first kappa shape index (κ1) is 25.7. The van der Waals surface area contributed by atoms with E-state index in [1.165, 1.54) is 13.3 Å². The van der Waals surface area contributed by atoms with Crippen LogP contribution in [0.25, 0.3) is 33.3 Å². The first-order valence-corrected chi connectivity index (χ1v) is 13.0. The number of anilines is 1.